The molecule has 0 aliphatic heterocycles. The van der Waals surface area contributed by atoms with Crippen molar-refractivity contribution in [1.29, 1.82) is 0 Å². The summed E-state index contributed by atoms with van der Waals surface area (Å²) in [6.07, 6.45) is 18.8. The lowest BCUT2D eigenvalue weighted by Gasteiger charge is -2.20. The standard InChI is InChI=1S/C22H26/c1-5-9-16-20(15-8-4)22(19(13-6-2)14-7-3)21-17-11-10-12-18-21/h5-18,22H,2H2,1,3-4H3/b9-5-,14-7-,15-8-,19-13+,20-16+. The molecule has 0 saturated heterocycles. The van der Waals surface area contributed by atoms with Gasteiger partial charge in [0.05, 0.1) is 0 Å². The van der Waals surface area contributed by atoms with Crippen molar-refractivity contribution in [2.75, 3.05) is 0 Å². The van der Waals surface area contributed by atoms with Crippen LogP contribution in [0.15, 0.2) is 103 Å². The summed E-state index contributed by atoms with van der Waals surface area (Å²) in [6, 6.07) is 10.6. The molecule has 0 nitrogen and oxygen atoms in total. The molecule has 1 aromatic carbocycles. The monoisotopic (exact) mass is 290 g/mol. The van der Waals surface area contributed by atoms with Gasteiger partial charge in [0.2, 0.25) is 0 Å². The lowest BCUT2D eigenvalue weighted by atomic mass is 9.83. The number of hydrogen-bond donors (Lipinski definition) is 0. The van der Waals surface area contributed by atoms with Crippen LogP contribution < -0.4 is 0 Å². The molecular formula is C22H26. The largest absolute Gasteiger partial charge is 0.0991 e. The summed E-state index contributed by atoms with van der Waals surface area (Å²) < 4.78 is 0. The average molecular weight is 290 g/mol. The lowest BCUT2D eigenvalue weighted by Crippen LogP contribution is -2.04. The van der Waals surface area contributed by atoms with E-state index < -0.39 is 0 Å². The molecule has 0 aliphatic carbocycles. The highest BCUT2D eigenvalue weighted by Crippen LogP contribution is 2.33. The first-order valence-electron chi connectivity index (χ1n) is 7.74. The quantitative estimate of drug-likeness (QED) is 0.500. The lowest BCUT2D eigenvalue weighted by molar-refractivity contribution is 0.975. The first-order chi connectivity index (χ1) is 10.8. The average Bonchev–Trinajstić information content (AvgIpc) is 2.54. The Hall–Kier alpha value is -2.34. The highest BCUT2D eigenvalue weighted by Gasteiger charge is 2.17. The molecule has 1 aromatic rings. The maximum Gasteiger partial charge on any atom is 0.0339 e. The predicted octanol–water partition coefficient (Wildman–Crippen LogP) is 6.54. The van der Waals surface area contributed by atoms with Gasteiger partial charge in [-0.15, -0.1) is 0 Å². The fourth-order valence-electron chi connectivity index (χ4n) is 2.45. The van der Waals surface area contributed by atoms with Crippen molar-refractivity contribution in [3.8, 4) is 0 Å². The molecule has 0 radical (unpaired) electrons. The predicted molar refractivity (Wildman–Crippen MR) is 100.0 cm³/mol. The van der Waals surface area contributed by atoms with E-state index in [1.54, 1.807) is 0 Å². The zero-order valence-corrected chi connectivity index (χ0v) is 13.9. The summed E-state index contributed by atoms with van der Waals surface area (Å²) >= 11 is 0. The van der Waals surface area contributed by atoms with Gasteiger partial charge in [-0.3, -0.25) is 0 Å². The summed E-state index contributed by atoms with van der Waals surface area (Å²) in [6.45, 7) is 10.00. The molecule has 0 heteroatoms. The highest BCUT2D eigenvalue weighted by atomic mass is 14.2. The van der Waals surface area contributed by atoms with Crippen molar-refractivity contribution in [3.63, 3.8) is 0 Å². The SMILES string of the molecule is C=C/C=C(\C=C/C)C(C(/C=C\C)=C/C=C\C)c1ccccc1. The van der Waals surface area contributed by atoms with Crippen molar-refractivity contribution in [2.45, 2.75) is 26.7 Å². The molecule has 0 N–H and O–H groups in total. The molecule has 0 saturated carbocycles. The second-order valence-electron chi connectivity index (χ2n) is 4.94. The van der Waals surface area contributed by atoms with Crippen molar-refractivity contribution in [2.24, 2.45) is 0 Å². The molecule has 22 heavy (non-hydrogen) atoms. The van der Waals surface area contributed by atoms with E-state index in [0.717, 1.165) is 0 Å². The third-order valence-corrected chi connectivity index (χ3v) is 3.31. The molecule has 1 atom stereocenters. The van der Waals surface area contributed by atoms with E-state index in [4.69, 9.17) is 0 Å². The van der Waals surface area contributed by atoms with E-state index in [2.05, 4.69) is 92.4 Å². The van der Waals surface area contributed by atoms with Gasteiger partial charge in [0.25, 0.3) is 0 Å². The van der Waals surface area contributed by atoms with Crippen LogP contribution in [0.4, 0.5) is 0 Å². The third-order valence-electron chi connectivity index (χ3n) is 3.31. The summed E-state index contributed by atoms with van der Waals surface area (Å²) in [5.41, 5.74) is 3.78. The van der Waals surface area contributed by atoms with Crippen molar-refractivity contribution >= 4 is 0 Å². The van der Waals surface area contributed by atoms with E-state index in [-0.39, 0.29) is 5.92 Å². The van der Waals surface area contributed by atoms with Crippen LogP contribution >= 0.6 is 0 Å². The fraction of sp³-hybridized carbons (Fsp3) is 0.182. The first kappa shape index (κ1) is 17.7. The minimum Gasteiger partial charge on any atom is -0.0991 e. The van der Waals surface area contributed by atoms with Crippen molar-refractivity contribution in [3.05, 3.63) is 108 Å². The molecule has 0 heterocycles. The number of benzene rings is 1. The van der Waals surface area contributed by atoms with Crippen LogP contribution in [-0.2, 0) is 0 Å². The Kier molecular flexibility index (Phi) is 8.37. The van der Waals surface area contributed by atoms with Gasteiger partial charge in [0, 0.05) is 5.92 Å². The van der Waals surface area contributed by atoms with E-state index in [0.29, 0.717) is 0 Å². The van der Waals surface area contributed by atoms with Crippen LogP contribution in [0.1, 0.15) is 32.3 Å². The maximum atomic E-state index is 3.86. The summed E-state index contributed by atoms with van der Waals surface area (Å²) in [5, 5.41) is 0. The molecule has 0 spiro atoms. The van der Waals surface area contributed by atoms with E-state index in [9.17, 15) is 0 Å². The van der Waals surface area contributed by atoms with E-state index in [1.165, 1.54) is 16.7 Å². The Morgan fingerprint density at radius 3 is 1.95 bits per heavy atom. The minimum absolute atomic E-state index is 0.197. The first-order valence-corrected chi connectivity index (χ1v) is 7.74. The van der Waals surface area contributed by atoms with Gasteiger partial charge in [-0.2, -0.15) is 0 Å². The smallest absolute Gasteiger partial charge is 0.0339 e. The van der Waals surface area contributed by atoms with Crippen LogP contribution in [-0.4, -0.2) is 0 Å². The molecule has 1 rings (SSSR count). The number of hydrogen-bond acceptors (Lipinski definition) is 0. The maximum absolute atomic E-state index is 3.86. The molecule has 114 valence electrons. The van der Waals surface area contributed by atoms with Gasteiger partial charge in [-0.1, -0.05) is 91.6 Å². The van der Waals surface area contributed by atoms with Gasteiger partial charge < -0.3 is 0 Å². The minimum atomic E-state index is 0.197. The van der Waals surface area contributed by atoms with Gasteiger partial charge in [0.15, 0.2) is 0 Å². The van der Waals surface area contributed by atoms with Gasteiger partial charge in [-0.05, 0) is 37.5 Å². The van der Waals surface area contributed by atoms with Gasteiger partial charge >= 0.3 is 0 Å². The van der Waals surface area contributed by atoms with Gasteiger partial charge in [-0.25, -0.2) is 0 Å². The number of rotatable bonds is 7. The van der Waals surface area contributed by atoms with E-state index in [1.807, 2.05) is 19.9 Å². The molecule has 0 amide bonds. The van der Waals surface area contributed by atoms with Crippen LogP contribution in [0.3, 0.4) is 0 Å². The Morgan fingerprint density at radius 2 is 1.45 bits per heavy atom. The van der Waals surface area contributed by atoms with Crippen LogP contribution in [0.2, 0.25) is 0 Å². The van der Waals surface area contributed by atoms with Crippen molar-refractivity contribution in [1.82, 2.24) is 0 Å². The zero-order chi connectivity index (χ0) is 16.2. The molecule has 1 unspecified atom stereocenters. The molecule has 0 aliphatic rings. The molecular weight excluding hydrogens is 264 g/mol. The van der Waals surface area contributed by atoms with Crippen LogP contribution in [0.25, 0.3) is 0 Å². The van der Waals surface area contributed by atoms with Crippen LogP contribution in [0.5, 0.6) is 0 Å². The second kappa shape index (κ2) is 10.4. The molecule has 0 fully saturated rings. The van der Waals surface area contributed by atoms with Gasteiger partial charge in [0.1, 0.15) is 0 Å². The summed E-state index contributed by atoms with van der Waals surface area (Å²) in [5.74, 6) is 0.197. The summed E-state index contributed by atoms with van der Waals surface area (Å²) in [4.78, 5) is 0. The Morgan fingerprint density at radius 1 is 0.864 bits per heavy atom. The van der Waals surface area contributed by atoms with E-state index >= 15 is 0 Å². The Labute approximate surface area is 135 Å². The fourth-order valence-corrected chi connectivity index (χ4v) is 2.45. The van der Waals surface area contributed by atoms with Crippen LogP contribution in [0, 0.1) is 0 Å². The topological polar surface area (TPSA) is 0 Å². The number of allylic oxidation sites excluding steroid dienone is 11. The summed E-state index contributed by atoms with van der Waals surface area (Å²) in [7, 11) is 0. The highest BCUT2D eigenvalue weighted by molar-refractivity contribution is 5.48. The third kappa shape index (κ3) is 5.21. The Balaban J connectivity index is 3.50. The molecule has 0 aromatic heterocycles. The second-order valence-corrected chi connectivity index (χ2v) is 4.94. The Bertz CT molecular complexity index is 592. The molecule has 0 bridgehead atoms. The normalized spacial score (nSPS) is 15.0. The van der Waals surface area contributed by atoms with Crippen molar-refractivity contribution < 1.29 is 0 Å². The zero-order valence-electron chi connectivity index (χ0n) is 13.9.